The van der Waals surface area contributed by atoms with E-state index in [1.807, 2.05) is 23.9 Å². The van der Waals surface area contributed by atoms with Crippen molar-refractivity contribution in [2.24, 2.45) is 4.99 Å². The summed E-state index contributed by atoms with van der Waals surface area (Å²) in [6.07, 6.45) is 2.98. The highest BCUT2D eigenvalue weighted by molar-refractivity contribution is 6.10. The van der Waals surface area contributed by atoms with Crippen molar-refractivity contribution in [1.82, 2.24) is 15.1 Å². The number of hydrogen-bond donors (Lipinski definition) is 2. The van der Waals surface area contributed by atoms with Crippen molar-refractivity contribution in [3.8, 4) is 17.2 Å². The minimum absolute atomic E-state index is 0.298. The highest BCUT2D eigenvalue weighted by Crippen LogP contribution is 2.29. The van der Waals surface area contributed by atoms with E-state index >= 15 is 0 Å². The third-order valence-electron chi connectivity index (χ3n) is 5.14. The predicted molar refractivity (Wildman–Crippen MR) is 132 cm³/mol. The fraction of sp³-hybridized carbons (Fsp3) is 0.320. The number of ether oxygens (including phenoxy) is 3. The molecule has 9 heteroatoms. The topological polar surface area (TPSA) is 99.0 Å². The highest BCUT2D eigenvalue weighted by atomic mass is 16.5. The number of nitrogens with one attached hydrogen (secondary N) is 2. The number of rotatable bonds is 9. The zero-order chi connectivity index (χ0) is 24.5. The molecule has 180 valence electrons. The first-order valence-corrected chi connectivity index (χ1v) is 11.0. The summed E-state index contributed by atoms with van der Waals surface area (Å²) in [7, 11) is 4.73. The molecule has 1 amide bonds. The standard InChI is InChI=1S/C25H31N5O4/c1-6-13-30-16-19(17(2)29-30)15-26-25(27-20-9-12-22(33-4)23(14-20)34-5)28-24(31)18-7-10-21(32-3)11-8-18/h7-12,14,16H,6,13,15H2,1-5H3,(H2,26,27,28,31). The monoisotopic (exact) mass is 465 g/mol. The Morgan fingerprint density at radius 3 is 2.41 bits per heavy atom. The molecular weight excluding hydrogens is 434 g/mol. The molecule has 0 aliphatic rings. The van der Waals surface area contributed by atoms with Crippen molar-refractivity contribution in [3.05, 3.63) is 65.5 Å². The van der Waals surface area contributed by atoms with Crippen LogP contribution in [-0.4, -0.2) is 43.0 Å². The summed E-state index contributed by atoms with van der Waals surface area (Å²) in [4.78, 5) is 17.5. The van der Waals surface area contributed by atoms with Gasteiger partial charge in [-0.2, -0.15) is 5.10 Å². The predicted octanol–water partition coefficient (Wildman–Crippen LogP) is 4.03. The van der Waals surface area contributed by atoms with Gasteiger partial charge in [0.2, 0.25) is 5.96 Å². The first-order valence-electron chi connectivity index (χ1n) is 11.0. The number of carbonyl (C=O) groups is 1. The van der Waals surface area contributed by atoms with Crippen LogP contribution < -0.4 is 24.8 Å². The molecule has 1 heterocycles. The third kappa shape index (κ3) is 6.28. The smallest absolute Gasteiger partial charge is 0.257 e. The molecule has 0 spiro atoms. The lowest BCUT2D eigenvalue weighted by atomic mass is 10.2. The quantitative estimate of drug-likeness (QED) is 0.366. The summed E-state index contributed by atoms with van der Waals surface area (Å²) < 4.78 is 17.8. The maximum absolute atomic E-state index is 12.9. The summed E-state index contributed by atoms with van der Waals surface area (Å²) in [6, 6.07) is 12.2. The average Bonchev–Trinajstić information content (AvgIpc) is 3.21. The molecule has 9 nitrogen and oxygen atoms in total. The highest BCUT2D eigenvalue weighted by Gasteiger charge is 2.12. The Morgan fingerprint density at radius 1 is 1.03 bits per heavy atom. The second-order valence-corrected chi connectivity index (χ2v) is 7.55. The number of nitrogens with zero attached hydrogens (tertiary/aromatic N) is 3. The van der Waals surface area contributed by atoms with Crippen LogP contribution >= 0.6 is 0 Å². The molecule has 3 rings (SSSR count). The van der Waals surface area contributed by atoms with E-state index in [-0.39, 0.29) is 5.91 Å². The molecule has 34 heavy (non-hydrogen) atoms. The zero-order valence-corrected chi connectivity index (χ0v) is 20.2. The van der Waals surface area contributed by atoms with Gasteiger partial charge >= 0.3 is 0 Å². The molecule has 3 aromatic rings. The summed E-state index contributed by atoms with van der Waals surface area (Å²) in [5.41, 5.74) is 3.06. The van der Waals surface area contributed by atoms with E-state index in [0.29, 0.717) is 41.0 Å². The van der Waals surface area contributed by atoms with E-state index in [0.717, 1.165) is 24.2 Å². The van der Waals surface area contributed by atoms with Crippen LogP contribution in [0.2, 0.25) is 0 Å². The molecule has 0 aliphatic carbocycles. The van der Waals surface area contributed by atoms with Crippen LogP contribution in [-0.2, 0) is 13.1 Å². The lowest BCUT2D eigenvalue weighted by Gasteiger charge is -2.14. The van der Waals surface area contributed by atoms with Crippen LogP contribution in [0, 0.1) is 6.92 Å². The number of aromatic nitrogens is 2. The summed E-state index contributed by atoms with van der Waals surface area (Å²) in [5, 5.41) is 10.6. The Morgan fingerprint density at radius 2 is 1.76 bits per heavy atom. The zero-order valence-electron chi connectivity index (χ0n) is 20.2. The van der Waals surface area contributed by atoms with Gasteiger partial charge < -0.3 is 19.5 Å². The second kappa shape index (κ2) is 11.7. The maximum atomic E-state index is 12.9. The minimum atomic E-state index is -0.298. The van der Waals surface area contributed by atoms with Crippen LogP contribution in [0.5, 0.6) is 17.2 Å². The third-order valence-corrected chi connectivity index (χ3v) is 5.14. The fourth-order valence-electron chi connectivity index (χ4n) is 3.31. The fourth-order valence-corrected chi connectivity index (χ4v) is 3.31. The number of amides is 1. The molecule has 0 aliphatic heterocycles. The van der Waals surface area contributed by atoms with Gasteiger partial charge in [0.1, 0.15) is 5.75 Å². The Hall–Kier alpha value is -4.01. The normalized spacial score (nSPS) is 11.1. The van der Waals surface area contributed by atoms with Gasteiger partial charge in [-0.25, -0.2) is 4.99 Å². The van der Waals surface area contributed by atoms with Crippen molar-refractivity contribution in [2.45, 2.75) is 33.4 Å². The molecule has 0 bridgehead atoms. The lowest BCUT2D eigenvalue weighted by molar-refractivity contribution is 0.0977. The number of methoxy groups -OCH3 is 3. The Kier molecular flexibility index (Phi) is 8.50. The average molecular weight is 466 g/mol. The van der Waals surface area contributed by atoms with Crippen molar-refractivity contribution in [1.29, 1.82) is 0 Å². The van der Waals surface area contributed by atoms with E-state index in [1.165, 1.54) is 0 Å². The Balaban J connectivity index is 1.85. The van der Waals surface area contributed by atoms with Crippen LogP contribution in [0.3, 0.4) is 0 Å². The molecule has 0 fully saturated rings. The van der Waals surface area contributed by atoms with Crippen LogP contribution in [0.25, 0.3) is 0 Å². The van der Waals surface area contributed by atoms with Gasteiger partial charge in [0.25, 0.3) is 5.91 Å². The van der Waals surface area contributed by atoms with Gasteiger partial charge in [0, 0.05) is 35.6 Å². The van der Waals surface area contributed by atoms with Gasteiger partial charge in [0.05, 0.1) is 33.6 Å². The molecule has 0 unspecified atom stereocenters. The SMILES string of the molecule is CCCn1cc(CN=C(NC(=O)c2ccc(OC)cc2)Nc2ccc(OC)c(OC)c2)c(C)n1. The van der Waals surface area contributed by atoms with Crippen molar-refractivity contribution >= 4 is 17.6 Å². The molecular formula is C25H31N5O4. The molecule has 2 N–H and O–H groups in total. The number of aryl methyl sites for hydroxylation is 2. The Bertz CT molecular complexity index is 1140. The van der Waals surface area contributed by atoms with Crippen LogP contribution in [0.4, 0.5) is 5.69 Å². The van der Waals surface area contributed by atoms with Crippen molar-refractivity contribution < 1.29 is 19.0 Å². The van der Waals surface area contributed by atoms with Crippen molar-refractivity contribution in [3.63, 3.8) is 0 Å². The molecule has 2 aromatic carbocycles. The molecule has 1 aromatic heterocycles. The minimum Gasteiger partial charge on any atom is -0.497 e. The number of carbonyl (C=O) groups excluding carboxylic acids is 1. The van der Waals surface area contributed by atoms with Gasteiger partial charge in [-0.15, -0.1) is 0 Å². The number of guanidine groups is 1. The second-order valence-electron chi connectivity index (χ2n) is 7.55. The van der Waals surface area contributed by atoms with Crippen molar-refractivity contribution in [2.75, 3.05) is 26.6 Å². The van der Waals surface area contributed by atoms with Gasteiger partial charge in [0.15, 0.2) is 11.5 Å². The summed E-state index contributed by atoms with van der Waals surface area (Å²) in [5.74, 6) is 1.84. The van der Waals surface area contributed by atoms with Gasteiger partial charge in [-0.1, -0.05) is 6.92 Å². The van der Waals surface area contributed by atoms with Crippen LogP contribution in [0.1, 0.15) is 35.0 Å². The van der Waals surface area contributed by atoms with E-state index in [2.05, 4.69) is 27.6 Å². The number of benzene rings is 2. The maximum Gasteiger partial charge on any atom is 0.257 e. The molecule has 0 saturated heterocycles. The first kappa shape index (κ1) is 24.6. The molecule has 0 saturated carbocycles. The lowest BCUT2D eigenvalue weighted by Crippen LogP contribution is -2.36. The van der Waals surface area contributed by atoms with Gasteiger partial charge in [-0.3, -0.25) is 14.8 Å². The number of aliphatic imine (C=N–C) groups is 1. The van der Waals surface area contributed by atoms with E-state index < -0.39 is 0 Å². The van der Waals surface area contributed by atoms with E-state index in [4.69, 9.17) is 14.2 Å². The van der Waals surface area contributed by atoms with Crippen LogP contribution in [0.15, 0.2) is 53.7 Å². The first-order chi connectivity index (χ1) is 16.5. The summed E-state index contributed by atoms with van der Waals surface area (Å²) in [6.45, 7) is 5.26. The molecule has 0 atom stereocenters. The summed E-state index contributed by atoms with van der Waals surface area (Å²) >= 11 is 0. The molecule has 0 radical (unpaired) electrons. The van der Waals surface area contributed by atoms with E-state index in [9.17, 15) is 4.79 Å². The largest absolute Gasteiger partial charge is 0.497 e. The van der Waals surface area contributed by atoms with E-state index in [1.54, 1.807) is 57.7 Å². The van der Waals surface area contributed by atoms with Gasteiger partial charge in [-0.05, 0) is 49.7 Å². The number of hydrogen-bond acceptors (Lipinski definition) is 6. The Labute approximate surface area is 199 Å². The number of anilines is 1.